The van der Waals surface area contributed by atoms with Crippen LogP contribution in [0.15, 0.2) is 35.5 Å². The number of aromatic nitrogens is 2. The molecule has 0 bridgehead atoms. The molecule has 1 aliphatic heterocycles. The molecular weight excluding hydrogens is 306 g/mol. The fourth-order valence-corrected chi connectivity index (χ4v) is 3.16. The van der Waals surface area contributed by atoms with E-state index < -0.39 is 10.0 Å². The number of fused-ring (bicyclic) bond motifs is 1. The van der Waals surface area contributed by atoms with Crippen LogP contribution in [0.4, 0.5) is 5.82 Å². The van der Waals surface area contributed by atoms with Crippen LogP contribution in [-0.2, 0) is 28.0 Å². The Kier molecular flexibility index (Phi) is 3.95. The van der Waals surface area contributed by atoms with E-state index in [1.54, 1.807) is 18.2 Å². The fraction of sp³-hybridized carbons (Fsp3) is 0.286. The zero-order valence-corrected chi connectivity index (χ0v) is 12.8. The van der Waals surface area contributed by atoms with Crippen LogP contribution < -0.4 is 9.46 Å². The lowest BCUT2D eigenvalue weighted by Crippen LogP contribution is -2.14. The van der Waals surface area contributed by atoms with Crippen molar-refractivity contribution in [3.63, 3.8) is 0 Å². The molecule has 2 heterocycles. The molecule has 2 aromatic rings. The predicted octanol–water partition coefficient (Wildman–Crippen LogP) is 1.71. The largest absolute Gasteiger partial charge is 0.477 e. The molecule has 0 spiro atoms. The Morgan fingerprint density at radius 1 is 1.27 bits per heavy atom. The first-order valence-corrected chi connectivity index (χ1v) is 8.24. The average Bonchev–Trinajstić information content (AvgIpc) is 2.95. The van der Waals surface area contributed by atoms with Gasteiger partial charge in [-0.05, 0) is 30.2 Å². The lowest BCUT2D eigenvalue weighted by Gasteiger charge is -2.09. The molecule has 116 valence electrons. The first kappa shape index (κ1) is 14.7. The maximum Gasteiger partial charge on any atom is 0.263 e. The van der Waals surface area contributed by atoms with Gasteiger partial charge in [-0.25, -0.2) is 8.42 Å². The Morgan fingerprint density at radius 3 is 2.91 bits per heavy atom. The molecule has 1 aliphatic rings. The summed E-state index contributed by atoms with van der Waals surface area (Å²) < 4.78 is 37.7. The Morgan fingerprint density at radius 2 is 2.09 bits per heavy atom. The van der Waals surface area contributed by atoms with Gasteiger partial charge in [-0.1, -0.05) is 6.07 Å². The van der Waals surface area contributed by atoms with Crippen LogP contribution in [0.25, 0.3) is 0 Å². The van der Waals surface area contributed by atoms with Crippen molar-refractivity contribution in [2.45, 2.75) is 25.0 Å². The summed E-state index contributed by atoms with van der Waals surface area (Å²) in [5.74, 6) is 0.382. The van der Waals surface area contributed by atoms with E-state index in [9.17, 15) is 8.42 Å². The zero-order valence-electron chi connectivity index (χ0n) is 11.9. The Labute approximate surface area is 128 Å². The van der Waals surface area contributed by atoms with Crippen LogP contribution in [0.5, 0.6) is 5.88 Å². The number of hydrogen-bond donors (Lipinski definition) is 1. The van der Waals surface area contributed by atoms with Crippen molar-refractivity contribution >= 4 is 15.8 Å². The summed E-state index contributed by atoms with van der Waals surface area (Å²) in [6, 6.07) is 4.93. The summed E-state index contributed by atoms with van der Waals surface area (Å²) in [6.45, 7) is 3.18. The minimum atomic E-state index is -3.73. The van der Waals surface area contributed by atoms with Crippen LogP contribution >= 0.6 is 0 Å². The molecule has 0 saturated heterocycles. The summed E-state index contributed by atoms with van der Waals surface area (Å²) >= 11 is 0. The first-order chi connectivity index (χ1) is 10.6. The number of nitrogens with one attached hydrogen (secondary N) is 1. The third kappa shape index (κ3) is 3.02. The summed E-state index contributed by atoms with van der Waals surface area (Å²) in [4.78, 5) is 8.12. The van der Waals surface area contributed by atoms with Crippen molar-refractivity contribution < 1.29 is 17.9 Å². The predicted molar refractivity (Wildman–Crippen MR) is 78.9 cm³/mol. The number of rotatable bonds is 5. The van der Waals surface area contributed by atoms with E-state index in [2.05, 4.69) is 14.7 Å². The number of ether oxygens (including phenoxy) is 2. The highest BCUT2D eigenvalue weighted by molar-refractivity contribution is 7.92. The van der Waals surface area contributed by atoms with E-state index in [0.29, 0.717) is 19.8 Å². The van der Waals surface area contributed by atoms with Crippen molar-refractivity contribution in [2.24, 2.45) is 0 Å². The summed E-state index contributed by atoms with van der Waals surface area (Å²) in [6.07, 6.45) is 2.75. The second-order valence-corrected chi connectivity index (χ2v) is 6.39. The van der Waals surface area contributed by atoms with Gasteiger partial charge in [0.05, 0.1) is 37.1 Å². The fourth-order valence-electron chi connectivity index (χ4n) is 2.13. The quantitative estimate of drug-likeness (QED) is 0.901. The zero-order chi connectivity index (χ0) is 15.6. The van der Waals surface area contributed by atoms with Gasteiger partial charge < -0.3 is 9.47 Å². The molecule has 1 aromatic carbocycles. The summed E-state index contributed by atoms with van der Waals surface area (Å²) in [5, 5.41) is 0. The number of anilines is 1. The lowest BCUT2D eigenvalue weighted by molar-refractivity contribution is 0.134. The molecule has 8 heteroatoms. The summed E-state index contributed by atoms with van der Waals surface area (Å²) in [5.41, 5.74) is 1.90. The minimum absolute atomic E-state index is 0.114. The highest BCUT2D eigenvalue weighted by Crippen LogP contribution is 2.24. The van der Waals surface area contributed by atoms with Crippen molar-refractivity contribution in [3.8, 4) is 5.88 Å². The molecule has 1 aromatic heterocycles. The van der Waals surface area contributed by atoms with E-state index >= 15 is 0 Å². The molecule has 0 amide bonds. The van der Waals surface area contributed by atoms with Gasteiger partial charge in [-0.3, -0.25) is 9.71 Å². The molecule has 0 atom stereocenters. The van der Waals surface area contributed by atoms with Gasteiger partial charge in [0.1, 0.15) is 0 Å². The highest BCUT2D eigenvalue weighted by Gasteiger charge is 2.19. The molecule has 0 radical (unpaired) electrons. The second kappa shape index (κ2) is 5.90. The highest BCUT2D eigenvalue weighted by atomic mass is 32.2. The topological polar surface area (TPSA) is 90.4 Å². The standard InChI is InChI=1S/C14H15N3O4S/c1-2-21-14-7-15-6-13(16-14)17-22(18,19)12-4-3-10-8-20-9-11(10)5-12/h3-7H,2,8-9H2,1H3,(H,16,17). The first-order valence-electron chi connectivity index (χ1n) is 6.75. The van der Waals surface area contributed by atoms with Crippen LogP contribution in [0.1, 0.15) is 18.1 Å². The van der Waals surface area contributed by atoms with Crippen LogP contribution in [-0.4, -0.2) is 25.0 Å². The van der Waals surface area contributed by atoms with E-state index in [1.165, 1.54) is 12.4 Å². The number of sulfonamides is 1. The maximum atomic E-state index is 12.4. The van der Waals surface area contributed by atoms with Gasteiger partial charge >= 0.3 is 0 Å². The molecule has 7 nitrogen and oxygen atoms in total. The van der Waals surface area contributed by atoms with Crippen LogP contribution in [0, 0.1) is 0 Å². The number of benzene rings is 1. The third-order valence-electron chi connectivity index (χ3n) is 3.15. The van der Waals surface area contributed by atoms with Gasteiger partial charge in [-0.2, -0.15) is 4.98 Å². The van der Waals surface area contributed by atoms with Crippen LogP contribution in [0.3, 0.4) is 0 Å². The van der Waals surface area contributed by atoms with Crippen LogP contribution in [0.2, 0.25) is 0 Å². The maximum absolute atomic E-state index is 12.4. The minimum Gasteiger partial charge on any atom is -0.477 e. The van der Waals surface area contributed by atoms with Gasteiger partial charge in [0.15, 0.2) is 5.82 Å². The van der Waals surface area contributed by atoms with E-state index in [1.807, 2.05) is 6.92 Å². The van der Waals surface area contributed by atoms with E-state index in [0.717, 1.165) is 11.1 Å². The lowest BCUT2D eigenvalue weighted by atomic mass is 10.1. The van der Waals surface area contributed by atoms with Crippen molar-refractivity contribution in [1.82, 2.24) is 9.97 Å². The Hall–Kier alpha value is -2.19. The molecule has 0 unspecified atom stereocenters. The smallest absolute Gasteiger partial charge is 0.263 e. The monoisotopic (exact) mass is 321 g/mol. The molecule has 0 saturated carbocycles. The molecule has 22 heavy (non-hydrogen) atoms. The van der Waals surface area contributed by atoms with Gasteiger partial charge in [0, 0.05) is 0 Å². The number of hydrogen-bond acceptors (Lipinski definition) is 6. The SMILES string of the molecule is CCOc1cncc(NS(=O)(=O)c2ccc3c(c2)COC3)n1. The molecule has 3 rings (SSSR count). The Bertz CT molecular complexity index is 792. The van der Waals surface area contributed by atoms with Gasteiger partial charge in [0.2, 0.25) is 5.88 Å². The van der Waals surface area contributed by atoms with Crippen molar-refractivity contribution in [3.05, 3.63) is 41.7 Å². The Balaban J connectivity index is 1.86. The second-order valence-electron chi connectivity index (χ2n) is 4.70. The van der Waals surface area contributed by atoms with Crippen molar-refractivity contribution in [1.29, 1.82) is 0 Å². The third-order valence-corrected chi connectivity index (χ3v) is 4.50. The normalized spacial score (nSPS) is 13.7. The molecular formula is C14H15N3O4S. The summed E-state index contributed by atoms with van der Waals surface area (Å²) in [7, 11) is -3.73. The average molecular weight is 321 g/mol. The van der Waals surface area contributed by atoms with Gasteiger partial charge in [-0.15, -0.1) is 0 Å². The van der Waals surface area contributed by atoms with E-state index in [4.69, 9.17) is 9.47 Å². The van der Waals surface area contributed by atoms with Gasteiger partial charge in [0.25, 0.3) is 10.0 Å². The molecule has 0 aliphatic carbocycles. The number of nitrogens with zero attached hydrogens (tertiary/aromatic N) is 2. The molecule has 0 fully saturated rings. The van der Waals surface area contributed by atoms with Crippen molar-refractivity contribution in [2.75, 3.05) is 11.3 Å². The molecule has 1 N–H and O–H groups in total. The van der Waals surface area contributed by atoms with E-state index in [-0.39, 0.29) is 16.6 Å².